The lowest BCUT2D eigenvalue weighted by Crippen LogP contribution is -2.23. The number of rotatable bonds is 5. The molecule has 0 saturated heterocycles. The second-order valence-corrected chi connectivity index (χ2v) is 5.83. The van der Waals surface area contributed by atoms with Crippen molar-refractivity contribution in [2.24, 2.45) is 0 Å². The fourth-order valence-corrected chi connectivity index (χ4v) is 2.48. The molecule has 1 aromatic rings. The van der Waals surface area contributed by atoms with Crippen LogP contribution in [0.4, 0.5) is 0 Å². The van der Waals surface area contributed by atoms with Gasteiger partial charge >= 0.3 is 0 Å². The van der Waals surface area contributed by atoms with Crippen molar-refractivity contribution in [1.29, 1.82) is 0 Å². The summed E-state index contributed by atoms with van der Waals surface area (Å²) in [6.07, 6.45) is 0. The van der Waals surface area contributed by atoms with Crippen molar-refractivity contribution in [2.45, 2.75) is 11.5 Å². The molecule has 0 atom stereocenters. The van der Waals surface area contributed by atoms with E-state index in [1.165, 1.54) is 21.2 Å². The molecule has 1 rings (SSSR count). The van der Waals surface area contributed by atoms with Gasteiger partial charge in [-0.1, -0.05) is 6.07 Å². The Bertz CT molecular complexity index is 482. The maximum Gasteiger partial charge on any atom is 0.246 e. The summed E-state index contributed by atoms with van der Waals surface area (Å²) >= 11 is 0. The lowest BCUT2D eigenvalue weighted by atomic mass is 10.2. The Morgan fingerprint density at radius 1 is 1.24 bits per heavy atom. The highest BCUT2D eigenvalue weighted by Gasteiger charge is 2.22. The Labute approximate surface area is 102 Å². The van der Waals surface area contributed by atoms with Gasteiger partial charge in [-0.15, -0.1) is 0 Å². The molecule has 0 aliphatic heterocycles. The Hall–Kier alpha value is -1.11. The van der Waals surface area contributed by atoms with Gasteiger partial charge in [0.2, 0.25) is 10.0 Å². The minimum absolute atomic E-state index is 0.152. The number of nitrogens with zero attached hydrogens (tertiary/aromatic N) is 1. The summed E-state index contributed by atoms with van der Waals surface area (Å²) in [6, 6.07) is 4.97. The summed E-state index contributed by atoms with van der Waals surface area (Å²) in [5, 5.41) is 0. The Morgan fingerprint density at radius 3 is 2.35 bits per heavy atom. The van der Waals surface area contributed by atoms with Crippen LogP contribution in [-0.2, 0) is 21.4 Å². The maximum absolute atomic E-state index is 12.1. The van der Waals surface area contributed by atoms with E-state index < -0.39 is 10.0 Å². The lowest BCUT2D eigenvalue weighted by molar-refractivity contribution is 0.184. The summed E-state index contributed by atoms with van der Waals surface area (Å²) in [4.78, 5) is 0.152. The van der Waals surface area contributed by atoms with Crippen molar-refractivity contribution in [2.75, 3.05) is 28.3 Å². The van der Waals surface area contributed by atoms with E-state index in [0.29, 0.717) is 12.4 Å². The van der Waals surface area contributed by atoms with E-state index in [9.17, 15) is 8.42 Å². The average Bonchev–Trinajstić information content (AvgIpc) is 2.29. The molecule has 0 radical (unpaired) electrons. The molecule has 0 aliphatic rings. The maximum atomic E-state index is 12.1. The summed E-state index contributed by atoms with van der Waals surface area (Å²) < 4.78 is 35.3. The summed E-state index contributed by atoms with van der Waals surface area (Å²) in [6.45, 7) is 0.361. The second-order valence-electron chi connectivity index (χ2n) is 3.71. The molecule has 0 aromatic heterocycles. The van der Waals surface area contributed by atoms with E-state index in [-0.39, 0.29) is 4.90 Å². The third-order valence-corrected chi connectivity index (χ3v) is 4.13. The Morgan fingerprint density at radius 2 is 1.88 bits per heavy atom. The number of ether oxygens (including phenoxy) is 2. The molecule has 0 aliphatic carbocycles. The summed E-state index contributed by atoms with van der Waals surface area (Å²) in [5.74, 6) is 0.332. The quantitative estimate of drug-likeness (QED) is 0.794. The van der Waals surface area contributed by atoms with Gasteiger partial charge in [0.25, 0.3) is 0 Å². The highest BCUT2D eigenvalue weighted by molar-refractivity contribution is 7.89. The standard InChI is InChI=1S/C11H17NO4S/c1-12(2)17(13,14)11-7-9(8-15-3)5-6-10(11)16-4/h5-7H,8H2,1-4H3. The lowest BCUT2D eigenvalue weighted by Gasteiger charge is -2.15. The van der Waals surface area contributed by atoms with Crippen LogP contribution < -0.4 is 4.74 Å². The average molecular weight is 259 g/mol. The van der Waals surface area contributed by atoms with Crippen LogP contribution in [-0.4, -0.2) is 41.0 Å². The van der Waals surface area contributed by atoms with Gasteiger partial charge in [0.15, 0.2) is 0 Å². The van der Waals surface area contributed by atoms with Crippen LogP contribution in [0.25, 0.3) is 0 Å². The number of methoxy groups -OCH3 is 2. The smallest absolute Gasteiger partial charge is 0.246 e. The molecule has 5 nitrogen and oxygen atoms in total. The van der Waals surface area contributed by atoms with E-state index in [0.717, 1.165) is 9.87 Å². The van der Waals surface area contributed by atoms with E-state index in [1.54, 1.807) is 25.3 Å². The number of hydrogen-bond donors (Lipinski definition) is 0. The van der Waals surface area contributed by atoms with Crippen molar-refractivity contribution in [1.82, 2.24) is 4.31 Å². The SMILES string of the molecule is COCc1ccc(OC)c(S(=O)(=O)N(C)C)c1. The molecule has 0 bridgehead atoms. The molecule has 1 aromatic carbocycles. The first-order valence-corrected chi connectivity index (χ1v) is 6.46. The predicted molar refractivity (Wildman–Crippen MR) is 64.6 cm³/mol. The molecule has 0 unspecified atom stereocenters. The summed E-state index contributed by atoms with van der Waals surface area (Å²) in [5.41, 5.74) is 0.786. The molecule has 0 amide bonds. The topological polar surface area (TPSA) is 55.8 Å². The third kappa shape index (κ3) is 2.96. The van der Waals surface area contributed by atoms with Gasteiger partial charge in [0.05, 0.1) is 13.7 Å². The predicted octanol–water partition coefficient (Wildman–Crippen LogP) is 1.09. The van der Waals surface area contributed by atoms with Gasteiger partial charge in [-0.25, -0.2) is 12.7 Å². The van der Waals surface area contributed by atoms with Crippen molar-refractivity contribution < 1.29 is 17.9 Å². The molecule has 0 fully saturated rings. The third-order valence-electron chi connectivity index (χ3n) is 2.30. The zero-order valence-corrected chi connectivity index (χ0v) is 11.2. The van der Waals surface area contributed by atoms with E-state index in [2.05, 4.69) is 0 Å². The van der Waals surface area contributed by atoms with Gasteiger partial charge in [0, 0.05) is 21.2 Å². The van der Waals surface area contributed by atoms with Crippen LogP contribution in [0.15, 0.2) is 23.1 Å². The minimum atomic E-state index is -3.51. The highest BCUT2D eigenvalue weighted by atomic mass is 32.2. The van der Waals surface area contributed by atoms with Gasteiger partial charge in [-0.05, 0) is 17.7 Å². The monoisotopic (exact) mass is 259 g/mol. The van der Waals surface area contributed by atoms with Crippen LogP contribution in [0, 0.1) is 0 Å². The molecule has 0 saturated carbocycles. The zero-order chi connectivity index (χ0) is 13.1. The fourth-order valence-electron chi connectivity index (χ4n) is 1.38. The molecule has 6 heteroatoms. The van der Waals surface area contributed by atoms with Crippen LogP contribution in [0.5, 0.6) is 5.75 Å². The minimum Gasteiger partial charge on any atom is -0.495 e. The van der Waals surface area contributed by atoms with Crippen LogP contribution in [0.1, 0.15) is 5.56 Å². The van der Waals surface area contributed by atoms with Crippen LogP contribution in [0.2, 0.25) is 0 Å². The van der Waals surface area contributed by atoms with Crippen LogP contribution >= 0.6 is 0 Å². The molecule has 17 heavy (non-hydrogen) atoms. The Balaban J connectivity index is 3.33. The van der Waals surface area contributed by atoms with Gasteiger partial charge in [-0.2, -0.15) is 0 Å². The first-order valence-electron chi connectivity index (χ1n) is 5.02. The molecule has 96 valence electrons. The van der Waals surface area contributed by atoms with Crippen molar-refractivity contribution in [3.05, 3.63) is 23.8 Å². The molecule has 0 N–H and O–H groups in total. The van der Waals surface area contributed by atoms with Gasteiger partial charge in [-0.3, -0.25) is 0 Å². The van der Waals surface area contributed by atoms with Crippen molar-refractivity contribution >= 4 is 10.0 Å². The first-order chi connectivity index (χ1) is 7.93. The number of hydrogen-bond acceptors (Lipinski definition) is 4. The summed E-state index contributed by atoms with van der Waals surface area (Å²) in [7, 11) is 2.46. The molecule has 0 heterocycles. The first kappa shape index (κ1) is 14.0. The van der Waals surface area contributed by atoms with E-state index in [1.807, 2.05) is 0 Å². The van der Waals surface area contributed by atoms with Crippen molar-refractivity contribution in [3.8, 4) is 5.75 Å². The Kier molecular flexibility index (Phi) is 4.50. The molecular weight excluding hydrogens is 242 g/mol. The van der Waals surface area contributed by atoms with Gasteiger partial charge in [0.1, 0.15) is 10.6 Å². The van der Waals surface area contributed by atoms with E-state index in [4.69, 9.17) is 9.47 Å². The number of benzene rings is 1. The largest absolute Gasteiger partial charge is 0.495 e. The van der Waals surface area contributed by atoms with E-state index >= 15 is 0 Å². The molecular formula is C11H17NO4S. The molecule has 0 spiro atoms. The highest BCUT2D eigenvalue weighted by Crippen LogP contribution is 2.26. The van der Waals surface area contributed by atoms with Crippen LogP contribution in [0.3, 0.4) is 0 Å². The fraction of sp³-hybridized carbons (Fsp3) is 0.455. The normalized spacial score (nSPS) is 11.8. The van der Waals surface area contributed by atoms with Gasteiger partial charge < -0.3 is 9.47 Å². The second kappa shape index (κ2) is 5.48. The zero-order valence-electron chi connectivity index (χ0n) is 10.4. The number of sulfonamides is 1. The van der Waals surface area contributed by atoms with Crippen molar-refractivity contribution in [3.63, 3.8) is 0 Å².